The number of aromatic nitrogens is 2. The van der Waals surface area contributed by atoms with Gasteiger partial charge >= 0.3 is 5.97 Å². The molecule has 0 spiro atoms. The lowest BCUT2D eigenvalue weighted by molar-refractivity contribution is 0.0506. The van der Waals surface area contributed by atoms with Gasteiger partial charge in [0.05, 0.1) is 17.7 Å². The topological polar surface area (TPSA) is 117 Å². The number of oxime groups is 1. The molecule has 1 heterocycles. The van der Waals surface area contributed by atoms with Crippen LogP contribution < -0.4 is 5.73 Å². The van der Waals surface area contributed by atoms with Crippen LogP contribution in [0, 0.1) is 5.82 Å². The molecule has 0 aliphatic heterocycles. The zero-order valence-corrected chi connectivity index (χ0v) is 17.8. The Morgan fingerprint density at radius 3 is 2.65 bits per heavy atom. The summed E-state index contributed by atoms with van der Waals surface area (Å²) >= 11 is 6.08. The third-order valence-electron chi connectivity index (χ3n) is 4.83. The van der Waals surface area contributed by atoms with Gasteiger partial charge in [-0.2, -0.15) is 5.10 Å². The molecule has 0 bridgehead atoms. The lowest BCUT2D eigenvalue weighted by atomic mass is 9.94. The van der Waals surface area contributed by atoms with E-state index in [1.807, 2.05) is 0 Å². The number of sulfone groups is 1. The van der Waals surface area contributed by atoms with E-state index in [2.05, 4.69) is 10.3 Å². The molecule has 1 saturated carbocycles. The molecular formula is C18H18ClF3N4O4S. The fourth-order valence-electron chi connectivity index (χ4n) is 3.08. The number of aryl methyl sites for hydroxylation is 1. The molecule has 1 aliphatic rings. The van der Waals surface area contributed by atoms with E-state index >= 15 is 0 Å². The highest BCUT2D eigenvalue weighted by Crippen LogP contribution is 2.51. The molecule has 13 heteroatoms. The molecule has 1 aromatic heterocycles. The van der Waals surface area contributed by atoms with Crippen LogP contribution in [0.15, 0.2) is 29.4 Å². The van der Waals surface area contributed by atoms with Crippen LogP contribution in [0.1, 0.15) is 41.0 Å². The summed E-state index contributed by atoms with van der Waals surface area (Å²) in [5.41, 5.74) is 3.89. The van der Waals surface area contributed by atoms with Crippen molar-refractivity contribution in [1.82, 2.24) is 9.78 Å². The molecule has 0 atom stereocenters. The van der Waals surface area contributed by atoms with Crippen molar-refractivity contribution in [3.63, 3.8) is 0 Å². The van der Waals surface area contributed by atoms with Gasteiger partial charge in [-0.3, -0.25) is 4.68 Å². The Morgan fingerprint density at radius 2 is 2.10 bits per heavy atom. The van der Waals surface area contributed by atoms with Crippen LogP contribution in [0.4, 0.5) is 13.2 Å². The van der Waals surface area contributed by atoms with Crippen LogP contribution >= 0.6 is 11.6 Å². The van der Waals surface area contributed by atoms with Crippen molar-refractivity contribution in [2.75, 3.05) is 12.0 Å². The molecule has 0 amide bonds. The Labute approximate surface area is 180 Å². The average Bonchev–Trinajstić information content (AvgIpc) is 3.34. The van der Waals surface area contributed by atoms with E-state index in [0.717, 1.165) is 17.0 Å². The SMILES string of the molecule is CS(=O)(=O)CCn1nc(C(=O)ON=C(N)C2(c3c(F)cccc3Cl)CC2)cc1C(F)F. The summed E-state index contributed by atoms with van der Waals surface area (Å²) in [5, 5.41) is 7.38. The summed E-state index contributed by atoms with van der Waals surface area (Å²) in [6.07, 6.45) is -1.20. The number of nitrogens with zero attached hydrogens (tertiary/aromatic N) is 3. The molecule has 8 nitrogen and oxygen atoms in total. The average molecular weight is 479 g/mol. The second kappa shape index (κ2) is 8.50. The molecule has 2 N–H and O–H groups in total. The number of hydrogen-bond acceptors (Lipinski definition) is 6. The summed E-state index contributed by atoms with van der Waals surface area (Å²) in [4.78, 5) is 17.0. The maximum absolute atomic E-state index is 14.3. The first kappa shape index (κ1) is 23.1. The summed E-state index contributed by atoms with van der Waals surface area (Å²) in [7, 11) is -3.44. The van der Waals surface area contributed by atoms with Gasteiger partial charge in [0, 0.05) is 22.9 Å². The van der Waals surface area contributed by atoms with Crippen LogP contribution in [0.2, 0.25) is 5.02 Å². The second-order valence-electron chi connectivity index (χ2n) is 7.14. The number of amidine groups is 1. The largest absolute Gasteiger partial charge is 0.385 e. The molecule has 0 saturated heterocycles. The maximum Gasteiger partial charge on any atom is 0.385 e. The molecule has 31 heavy (non-hydrogen) atoms. The summed E-state index contributed by atoms with van der Waals surface area (Å²) in [5.74, 6) is -2.41. The molecule has 168 valence electrons. The minimum atomic E-state index is -3.44. The molecule has 0 radical (unpaired) electrons. The lowest BCUT2D eigenvalue weighted by Gasteiger charge is -2.16. The Bertz CT molecular complexity index is 1130. The minimum Gasteiger partial charge on any atom is -0.384 e. The highest BCUT2D eigenvalue weighted by Gasteiger charge is 2.51. The maximum atomic E-state index is 14.3. The van der Waals surface area contributed by atoms with Crippen LogP contribution in [0.25, 0.3) is 0 Å². The number of carbonyl (C=O) groups excluding carboxylic acids is 1. The van der Waals surface area contributed by atoms with Gasteiger partial charge in [-0.15, -0.1) is 0 Å². The van der Waals surface area contributed by atoms with Crippen LogP contribution in [0.5, 0.6) is 0 Å². The third-order valence-corrected chi connectivity index (χ3v) is 6.07. The Hall–Kier alpha value is -2.60. The fourth-order valence-corrected chi connectivity index (χ4v) is 3.93. The molecular weight excluding hydrogens is 461 g/mol. The second-order valence-corrected chi connectivity index (χ2v) is 9.81. The normalized spacial score (nSPS) is 15.9. The molecule has 3 rings (SSSR count). The highest BCUT2D eigenvalue weighted by molar-refractivity contribution is 7.90. The molecule has 1 aromatic carbocycles. The smallest absolute Gasteiger partial charge is 0.384 e. The van der Waals surface area contributed by atoms with Gasteiger partial charge in [-0.25, -0.2) is 26.4 Å². The van der Waals surface area contributed by atoms with Crippen molar-refractivity contribution in [3.05, 3.63) is 52.1 Å². The minimum absolute atomic E-state index is 0.138. The number of carbonyl (C=O) groups is 1. The van der Waals surface area contributed by atoms with E-state index in [0.29, 0.717) is 12.8 Å². The van der Waals surface area contributed by atoms with Crippen molar-refractivity contribution < 1.29 is 31.2 Å². The predicted octanol–water partition coefficient (Wildman–Crippen LogP) is 2.82. The van der Waals surface area contributed by atoms with Crippen LogP contribution in [-0.2, 0) is 26.6 Å². The van der Waals surface area contributed by atoms with Crippen molar-refractivity contribution in [2.45, 2.75) is 31.2 Å². The van der Waals surface area contributed by atoms with E-state index < -0.39 is 50.6 Å². The van der Waals surface area contributed by atoms with E-state index in [4.69, 9.17) is 22.2 Å². The van der Waals surface area contributed by atoms with E-state index in [1.165, 1.54) is 18.2 Å². The van der Waals surface area contributed by atoms with Gasteiger partial charge in [0.15, 0.2) is 11.5 Å². The van der Waals surface area contributed by atoms with Crippen molar-refractivity contribution >= 4 is 33.2 Å². The molecule has 1 fully saturated rings. The Kier molecular flexibility index (Phi) is 6.33. The van der Waals surface area contributed by atoms with Crippen molar-refractivity contribution in [2.24, 2.45) is 10.9 Å². The molecule has 1 aliphatic carbocycles. The fraction of sp³-hybridized carbons (Fsp3) is 0.389. The Balaban J connectivity index is 1.79. The number of nitrogens with two attached hydrogens (primary N) is 1. The zero-order valence-electron chi connectivity index (χ0n) is 16.2. The van der Waals surface area contributed by atoms with Gasteiger partial charge in [-0.1, -0.05) is 22.8 Å². The number of alkyl halides is 2. The van der Waals surface area contributed by atoms with Gasteiger partial charge in [0.1, 0.15) is 21.3 Å². The Morgan fingerprint density at radius 1 is 1.42 bits per heavy atom. The predicted molar refractivity (Wildman–Crippen MR) is 106 cm³/mol. The highest BCUT2D eigenvalue weighted by atomic mass is 35.5. The van der Waals surface area contributed by atoms with Crippen LogP contribution in [-0.4, -0.2) is 42.0 Å². The van der Waals surface area contributed by atoms with Gasteiger partial charge < -0.3 is 10.6 Å². The van der Waals surface area contributed by atoms with E-state index in [-0.39, 0.29) is 23.0 Å². The monoisotopic (exact) mass is 478 g/mol. The van der Waals surface area contributed by atoms with Gasteiger partial charge in [0.25, 0.3) is 6.43 Å². The van der Waals surface area contributed by atoms with E-state index in [9.17, 15) is 26.4 Å². The summed E-state index contributed by atoms with van der Waals surface area (Å²) in [6, 6.07) is 4.93. The first-order chi connectivity index (χ1) is 14.4. The number of hydrogen-bond donors (Lipinski definition) is 1. The van der Waals surface area contributed by atoms with Crippen molar-refractivity contribution in [1.29, 1.82) is 0 Å². The number of rotatable bonds is 8. The van der Waals surface area contributed by atoms with Gasteiger partial charge in [-0.05, 0) is 25.0 Å². The molecule has 0 unspecified atom stereocenters. The standard InChI is InChI=1S/C18H18ClF3N4O4S/c1-31(28,29)8-7-26-13(15(21)22)9-12(24-26)16(27)30-25-17(23)18(5-6-18)14-10(19)3-2-4-11(14)20/h2-4,9,15H,5-8H2,1H3,(H2,23,25). The zero-order chi connectivity index (χ0) is 23.0. The third kappa shape index (κ3) is 5.01. The first-order valence-electron chi connectivity index (χ1n) is 8.98. The number of benzene rings is 1. The van der Waals surface area contributed by atoms with Crippen LogP contribution in [0.3, 0.4) is 0 Å². The quantitative estimate of drug-likeness (QED) is 0.270. The summed E-state index contributed by atoms with van der Waals surface area (Å²) in [6.45, 7) is -0.369. The van der Waals surface area contributed by atoms with E-state index in [1.54, 1.807) is 0 Å². The summed E-state index contributed by atoms with van der Waals surface area (Å²) < 4.78 is 64.0. The first-order valence-corrected chi connectivity index (χ1v) is 11.4. The number of halogens is 4. The van der Waals surface area contributed by atoms with Crippen molar-refractivity contribution in [3.8, 4) is 0 Å². The lowest BCUT2D eigenvalue weighted by Crippen LogP contribution is -2.30. The molecule has 2 aromatic rings. The van der Waals surface area contributed by atoms with Gasteiger partial charge in [0.2, 0.25) is 0 Å².